The summed E-state index contributed by atoms with van der Waals surface area (Å²) in [5.74, 6) is -30.1. The number of carbonyl (C=O) groups excluding carboxylic acids is 10. The molecule has 0 aromatic carbocycles. The lowest BCUT2D eigenvalue weighted by Crippen LogP contribution is -2.70. The van der Waals surface area contributed by atoms with E-state index in [1.807, 2.05) is 34.6 Å². The summed E-state index contributed by atoms with van der Waals surface area (Å²) in [4.78, 5) is 118. The second kappa shape index (κ2) is 49.5. The van der Waals surface area contributed by atoms with Crippen molar-refractivity contribution in [2.75, 3.05) is 33.2 Å². The van der Waals surface area contributed by atoms with Gasteiger partial charge < -0.3 is 62.3 Å². The zero-order chi connectivity index (χ0) is 118. The van der Waals surface area contributed by atoms with Crippen LogP contribution < -0.4 is 4.72 Å². The van der Waals surface area contributed by atoms with Crippen LogP contribution in [0.15, 0.2) is 0 Å². The van der Waals surface area contributed by atoms with E-state index in [1.54, 1.807) is 55.4 Å². The molecule has 1 heterocycles. The van der Waals surface area contributed by atoms with Gasteiger partial charge in [0.15, 0.2) is 12.3 Å². The number of nitrogens with one attached hydrogen (secondary N) is 1. The molecule has 0 aromatic heterocycles. The highest BCUT2D eigenvalue weighted by Crippen LogP contribution is 2.65. The minimum Gasteiger partial charge on any atom is -0.463 e. The highest BCUT2D eigenvalue weighted by molar-refractivity contribution is 7.90. The molecule has 0 radical (unpaired) electrons. The number of sulfonamides is 1. The number of hydrogen-bond acceptors (Lipinski definition) is 25. The van der Waals surface area contributed by atoms with Crippen molar-refractivity contribution in [1.82, 2.24) is 4.72 Å². The summed E-state index contributed by atoms with van der Waals surface area (Å²) in [5.41, 5.74) is -34.9. The summed E-state index contributed by atoms with van der Waals surface area (Å²) in [6.07, 6.45) is -47.1. The summed E-state index contributed by atoms with van der Waals surface area (Å²) < 4.78 is 489. The van der Waals surface area contributed by atoms with Crippen LogP contribution in [-0.2, 0) is 110 Å². The second-order valence-corrected chi connectivity index (χ2v) is 42.8. The van der Waals surface area contributed by atoms with E-state index in [-0.39, 0.29) is 50.9 Å². The van der Waals surface area contributed by atoms with Gasteiger partial charge >= 0.3 is 148 Å². The average Bonchev–Trinajstić information content (AvgIpc) is 1.08. The van der Waals surface area contributed by atoms with Crippen molar-refractivity contribution in [1.29, 1.82) is 0 Å². The van der Waals surface area contributed by atoms with Gasteiger partial charge in [0.2, 0.25) is 5.60 Å². The first kappa shape index (κ1) is 143. The Morgan fingerprint density at radius 3 is 1.03 bits per heavy atom. The van der Waals surface area contributed by atoms with Gasteiger partial charge in [0.05, 0.1) is 50.6 Å². The summed E-state index contributed by atoms with van der Waals surface area (Å²) in [5, 5.41) is 18.1. The quantitative estimate of drug-likeness (QED) is 0.0312. The van der Waals surface area contributed by atoms with Gasteiger partial charge in [-0.05, 0) is 201 Å². The Morgan fingerprint density at radius 2 is 0.748 bits per heavy atom. The van der Waals surface area contributed by atoms with Gasteiger partial charge in [-0.3, -0.25) is 33.6 Å². The molecule has 6 atom stereocenters. The summed E-state index contributed by atoms with van der Waals surface area (Å²) in [7, 11) is -5.49. The molecule has 0 amide bonds. The molecule has 26 nitrogen and oxygen atoms in total. The molecule has 868 valence electrons. The summed E-state index contributed by atoms with van der Waals surface area (Å²) >= 11 is 0. The predicted octanol–water partition coefficient (Wildman–Crippen LogP) is 22.3. The number of carbonyl (C=O) groups is 10. The molecule has 5 rings (SSSR count). The SMILES string of the molecule is CCC(C)(C)C(=O)OC(C)(C)C(O)(C(F)(F)F)C(F)(F)F.CCC(C)(C)C(=O)OC(C)COC(=O)C(O)(C(F)(F)F)C(F)(F)F.CCC(C)(C)C(=O)OC(CF)CC(C)C.CCC(C)(C)C(=O)OC1(C)COC(OC(=O)C(C)C)(C(F)(F)F)C1(F)F.CCC(C)(C)C(=O)OC12CC3CC(OC(=O)C(F)(F)F)(CC(OC(=O)C(F)(F)F)(C3)C1)C2.CCC(C)(C)C(=O)OCC(C)(C)NS(=O)(=O)C(F)(F)F.FCC(F)(F)C(F)(F)F. The third-order valence-electron chi connectivity index (χ3n) is 23.9. The van der Waals surface area contributed by atoms with Crippen LogP contribution in [-0.4, -0.2) is 241 Å². The lowest BCUT2D eigenvalue weighted by molar-refractivity contribution is -0.410. The van der Waals surface area contributed by atoms with E-state index >= 15 is 0 Å². The summed E-state index contributed by atoms with van der Waals surface area (Å²) in [6.45, 7) is 33.8. The average molecular weight is 2250 g/mol. The van der Waals surface area contributed by atoms with Crippen molar-refractivity contribution >= 4 is 69.7 Å². The summed E-state index contributed by atoms with van der Waals surface area (Å²) in [6, 6.07) is 0. The Bertz CT molecular complexity index is 4420. The van der Waals surface area contributed by atoms with Gasteiger partial charge in [0.1, 0.15) is 48.9 Å². The monoisotopic (exact) mass is 2250 g/mol. The molecule has 4 saturated carbocycles. The largest absolute Gasteiger partial charge is 0.511 e. The zero-order valence-electron chi connectivity index (χ0n) is 85.3. The van der Waals surface area contributed by atoms with Crippen LogP contribution in [0.4, 0.5) is 145 Å². The minimum absolute atomic E-state index is 0.0589. The molecule has 60 heteroatoms. The number of halogens is 33. The highest BCUT2D eigenvalue weighted by atomic mass is 32.2. The fourth-order valence-corrected chi connectivity index (χ4v) is 13.3. The fourth-order valence-electron chi connectivity index (χ4n) is 12.4. The molecule has 0 aromatic rings. The normalized spacial score (nSPS) is 21.4. The molecular formula is C87H128F33NO25S. The van der Waals surface area contributed by atoms with E-state index in [9.17, 15) is 206 Å². The van der Waals surface area contributed by atoms with Gasteiger partial charge in [0.25, 0.3) is 5.60 Å². The highest BCUT2D eigenvalue weighted by Gasteiger charge is 2.87. The first-order valence-electron chi connectivity index (χ1n) is 44.3. The van der Waals surface area contributed by atoms with E-state index in [0.29, 0.717) is 58.8 Å². The van der Waals surface area contributed by atoms with Crippen molar-refractivity contribution in [3.8, 4) is 0 Å². The topological polar surface area (TPSA) is 359 Å². The van der Waals surface area contributed by atoms with Gasteiger partial charge in [-0.1, -0.05) is 69.2 Å². The standard InChI is InChI=1S/C20H24F6O6.C16H23F5O5.C13H18F6O5.C12H18F6O3.C12H23FO2.C11H20F3NO4S.C3H2F6/c1-4-15(2,3)12(27)30-16-5-11-6-17(8-16,31-13(28)19(21,22)23)10-18(7-11,9-16)32-14(29)20(24,25)26;1-7-12(4,5)11(23)26-13(6)8-24-15(14(13,17)18,16(19,20)21)25-10(22)9(2)3;1-5-10(3,4)8(20)24-7(2)6-23-9(21)11(22,12(14,15)16)13(17,18)19;1-6-8(2,3)7(19)21-9(4,5)10(20,11(13,14)15)12(16,17)18;1-6-12(4,5)11(14)15-10(8-13)7-9(2)3;1-6-9(2,3)8(16)19-7-10(4,5)15-20(17,18)11(12,13)14;4-1-2(5,6)3(7,8)9/h11H,4-10H2,1-3H3;9H,7-8H2,1-6H3;7,22H,5-6H2,1-4H3;20H,6H2,1-5H3;9-10H,6-8H2,1-5H3;15H,6-7H2,1-5H3;1H2. The predicted molar refractivity (Wildman–Crippen MR) is 446 cm³/mol. The van der Waals surface area contributed by atoms with Gasteiger partial charge in [-0.15, -0.1) is 0 Å². The van der Waals surface area contributed by atoms with Crippen molar-refractivity contribution in [2.24, 2.45) is 50.2 Å². The maximum atomic E-state index is 14.9. The van der Waals surface area contributed by atoms with Crippen LogP contribution in [0.1, 0.15) is 277 Å². The van der Waals surface area contributed by atoms with Crippen LogP contribution in [0.5, 0.6) is 0 Å². The number of ether oxygens (including phenoxy) is 11. The maximum absolute atomic E-state index is 14.9. The molecule has 1 saturated heterocycles. The Balaban J connectivity index is -0.00000168. The van der Waals surface area contributed by atoms with Gasteiger partial charge in [0, 0.05) is 19.3 Å². The Hall–Kier alpha value is -7.82. The van der Waals surface area contributed by atoms with Crippen LogP contribution in [0, 0.1) is 50.2 Å². The van der Waals surface area contributed by atoms with E-state index in [4.69, 9.17) is 38.3 Å². The van der Waals surface area contributed by atoms with Crippen molar-refractivity contribution in [3.05, 3.63) is 0 Å². The first-order chi connectivity index (χ1) is 64.6. The van der Waals surface area contributed by atoms with Gasteiger partial charge in [-0.25, -0.2) is 31.6 Å². The number of esters is 10. The second-order valence-electron chi connectivity index (χ2n) is 41.1. The molecule has 3 N–H and O–H groups in total. The molecule has 4 bridgehead atoms. The van der Waals surface area contributed by atoms with Crippen LogP contribution >= 0.6 is 0 Å². The van der Waals surface area contributed by atoms with E-state index in [0.717, 1.165) is 6.92 Å². The molecule has 6 unspecified atom stereocenters. The van der Waals surface area contributed by atoms with Crippen LogP contribution in [0.2, 0.25) is 0 Å². The lowest BCUT2D eigenvalue weighted by Gasteiger charge is -2.63. The number of alkyl halides is 33. The Labute approximate surface area is 825 Å². The van der Waals surface area contributed by atoms with Crippen molar-refractivity contribution in [3.63, 3.8) is 0 Å². The van der Waals surface area contributed by atoms with Crippen molar-refractivity contribution in [2.45, 2.75) is 407 Å². The molecule has 5 fully saturated rings. The lowest BCUT2D eigenvalue weighted by atomic mass is 9.50. The number of hydrogen-bond donors (Lipinski definition) is 3. The number of rotatable bonds is 33. The third kappa shape index (κ3) is 37.3. The zero-order valence-corrected chi connectivity index (χ0v) is 86.1. The third-order valence-corrected chi connectivity index (χ3v) is 25.3. The molecule has 4 aliphatic carbocycles. The van der Waals surface area contributed by atoms with Crippen LogP contribution in [0.25, 0.3) is 0 Å². The molecule has 5 aliphatic rings. The first-order valence-corrected chi connectivity index (χ1v) is 45.8. The van der Waals surface area contributed by atoms with E-state index in [1.165, 1.54) is 80.9 Å². The van der Waals surface area contributed by atoms with E-state index < -0.39 is 277 Å². The van der Waals surface area contributed by atoms with Crippen molar-refractivity contribution < 1.29 is 264 Å². The fraction of sp³-hybridized carbons (Fsp3) is 0.885. The van der Waals surface area contributed by atoms with Gasteiger partial charge in [-0.2, -0.15) is 141 Å². The molecule has 0 spiro atoms. The molecule has 147 heavy (non-hydrogen) atoms. The Morgan fingerprint density at radius 1 is 0.422 bits per heavy atom. The smallest absolute Gasteiger partial charge is 0.463 e. The Kier molecular flexibility index (Phi) is 48.3. The molecular weight excluding hydrogens is 2120 g/mol. The minimum atomic E-state index is -6.33. The van der Waals surface area contributed by atoms with E-state index in [2.05, 4.69) is 18.9 Å². The van der Waals surface area contributed by atoms with Crippen LogP contribution in [0.3, 0.4) is 0 Å². The number of aliphatic hydroxyl groups is 2. The molecule has 1 aliphatic heterocycles. The maximum Gasteiger partial charge on any atom is 0.511 e.